The maximum Gasteiger partial charge on any atom is 1.00 e. The van der Waals surface area contributed by atoms with Crippen molar-refractivity contribution in [2.24, 2.45) is 11.5 Å². The second-order valence-corrected chi connectivity index (χ2v) is 27.9. The van der Waals surface area contributed by atoms with E-state index < -0.39 is 27.6 Å². The number of amides is 6. The van der Waals surface area contributed by atoms with E-state index in [1.54, 1.807) is 67.6 Å². The van der Waals surface area contributed by atoms with E-state index in [0.29, 0.717) is 89.3 Å². The zero-order chi connectivity index (χ0) is 85.5. The number of hydrogen-bond acceptors (Lipinski definition) is 26. The number of nitrogen functional groups attached to an aromatic ring is 1. The topological polar surface area (TPSA) is 463 Å². The predicted molar refractivity (Wildman–Crippen MR) is 452 cm³/mol. The number of halogens is 3. The van der Waals surface area contributed by atoms with Gasteiger partial charge in [0.1, 0.15) is 71.9 Å². The van der Waals surface area contributed by atoms with Crippen LogP contribution in [0.3, 0.4) is 0 Å². The third kappa shape index (κ3) is 35.3. The summed E-state index contributed by atoms with van der Waals surface area (Å²) >= 11 is 5.54. The Hall–Kier alpha value is -11.5. The number of carbonyl (C=O) groups is 6. The summed E-state index contributed by atoms with van der Waals surface area (Å²) in [7, 11) is 0. The molecule has 6 amide bonds. The van der Waals surface area contributed by atoms with E-state index in [1.165, 1.54) is 147 Å². The third-order valence-electron chi connectivity index (χ3n) is 18.0. The molecule has 4 aliphatic heterocycles. The molecule has 2 aromatic heterocycles. The van der Waals surface area contributed by atoms with E-state index in [4.69, 9.17) is 43.0 Å². The number of primary amides is 2. The van der Waals surface area contributed by atoms with Crippen molar-refractivity contribution in [3.05, 3.63) is 194 Å². The van der Waals surface area contributed by atoms with Crippen molar-refractivity contribution in [1.82, 2.24) is 39.5 Å². The third-order valence-corrected chi connectivity index (χ3v) is 18.1. The number of benzene rings is 6. The van der Waals surface area contributed by atoms with Crippen LogP contribution in [0.5, 0.6) is 23.0 Å². The standard InChI is InChI=1S/C26H30FN7O3.C14H19N3O4.C14H21N3O2.C13H13FN4O.C8H8N2O4.C6H12ClN.Na.H2.H/c1-17(35)31-22-14-20(7-8-23(22)37-12-11-34-9-2-3-10-34)32-26-30-16-21(24(28)36)25(33-26)29-15-18-5-4-6-19(27)13-18;1-11(18)15-13-10-12(17(19)20)4-5-14(13)21-9-8-16-6-2-3-7-16;1-11(18)16-13-10-12(15)4-5-14(13)19-9-8-17-6-2-3-7-17;1-8-16-7-11(12(15)19)13(18-8)17-6-9-3-2-4-10(14)5-9;1-5(11)9-7-4-6(10(13)14)2-3-8(7)12;7-3-6-8-4-1-2-5-8;;;/h4-8,13-14,16H,2-3,9-12,15H2,1H3,(H2,28,36)(H,31,35)(H2,29,30,32,33);4-5,10H,2-3,6-9H2,1H3,(H,15,18);4-5,10H,2-3,6-9,15H2,1H3,(H,16,18);2-5,7H,6H2,1H3,(H2,15,19)(H,16,17,18);2-4,12H,1H3,(H,9,11);1-6H2;;1H;/q;;;;;;+1;;-1. The first-order valence-corrected chi connectivity index (χ1v) is 38.9. The summed E-state index contributed by atoms with van der Waals surface area (Å²) in [6, 6.07) is 30.4. The number of nitrogens with two attached hydrogens (primary N) is 3. The number of non-ortho nitro benzene ring substituents is 2. The molecule has 0 aliphatic carbocycles. The van der Waals surface area contributed by atoms with Gasteiger partial charge in [-0.05, 0) is 195 Å². The van der Waals surface area contributed by atoms with Gasteiger partial charge in [-0.25, -0.2) is 23.7 Å². The van der Waals surface area contributed by atoms with Crippen LogP contribution in [-0.2, 0) is 32.3 Å². The molecule has 34 nitrogen and oxygen atoms in total. The number of carbonyl (C=O) groups excluding carboxylic acids is 6. The molecule has 119 heavy (non-hydrogen) atoms. The van der Waals surface area contributed by atoms with Crippen LogP contribution in [-0.4, -0.2) is 194 Å². The minimum absolute atomic E-state index is 0. The van der Waals surface area contributed by atoms with E-state index >= 15 is 0 Å². The van der Waals surface area contributed by atoms with Gasteiger partial charge in [0.2, 0.25) is 29.6 Å². The Morgan fingerprint density at radius 1 is 0.521 bits per heavy atom. The van der Waals surface area contributed by atoms with Crippen LogP contribution in [0, 0.1) is 38.8 Å². The molecule has 4 fully saturated rings. The summed E-state index contributed by atoms with van der Waals surface area (Å²) < 4.78 is 43.9. The number of aryl methyl sites for hydroxylation is 1. The van der Waals surface area contributed by atoms with Gasteiger partial charge in [0, 0.05) is 122 Å². The summed E-state index contributed by atoms with van der Waals surface area (Å²) in [6.45, 7) is 22.2. The van der Waals surface area contributed by atoms with Gasteiger partial charge in [0.05, 0.1) is 43.7 Å². The summed E-state index contributed by atoms with van der Waals surface area (Å²) in [6.07, 6.45) is 12.8. The maximum absolute atomic E-state index is 13.5. The zero-order valence-electron chi connectivity index (χ0n) is 68.7. The summed E-state index contributed by atoms with van der Waals surface area (Å²) in [5.74, 6) is 0.511. The molecule has 12 rings (SSSR count). The average Bonchev–Trinajstić information content (AvgIpc) is 1.16. The van der Waals surface area contributed by atoms with Crippen LogP contribution in [0.4, 0.5) is 71.9 Å². The molecular formula is C81H106ClF2N20NaO14. The van der Waals surface area contributed by atoms with Crippen molar-refractivity contribution in [2.75, 3.05) is 147 Å². The number of hydrogen-bond donors (Lipinski definition) is 11. The van der Waals surface area contributed by atoms with Crippen LogP contribution in [0.25, 0.3) is 0 Å². The number of rotatable bonds is 30. The molecule has 636 valence electrons. The molecule has 6 heterocycles. The molecule has 0 saturated carbocycles. The quantitative estimate of drug-likeness (QED) is 0.00500. The van der Waals surface area contributed by atoms with Gasteiger partial charge < -0.3 is 80.1 Å². The molecule has 14 N–H and O–H groups in total. The number of nitrogens with one attached hydrogen (secondary N) is 7. The number of likely N-dealkylation sites (tertiary alicyclic amines) is 4. The van der Waals surface area contributed by atoms with Crippen molar-refractivity contribution < 1.29 is 99.1 Å². The van der Waals surface area contributed by atoms with Crippen LogP contribution >= 0.6 is 11.6 Å². The van der Waals surface area contributed by atoms with Gasteiger partial charge in [-0.15, -0.1) is 11.6 Å². The first kappa shape index (κ1) is 96.3. The Balaban J connectivity index is 0.000000320. The fourth-order valence-electron chi connectivity index (χ4n) is 12.3. The number of phenolic OH excluding ortho intramolecular Hbond substituents is 1. The maximum atomic E-state index is 13.5. The number of ether oxygens (including phenoxy) is 3. The number of aromatic nitrogens is 4. The molecule has 38 heteroatoms. The van der Waals surface area contributed by atoms with Crippen molar-refractivity contribution in [1.29, 1.82) is 0 Å². The first-order valence-electron chi connectivity index (χ1n) is 38.4. The summed E-state index contributed by atoms with van der Waals surface area (Å²) in [5.41, 5.74) is 20.6. The minimum Gasteiger partial charge on any atom is -1.00 e. The van der Waals surface area contributed by atoms with Gasteiger partial charge in [-0.1, -0.05) is 24.3 Å². The molecule has 6 aromatic carbocycles. The van der Waals surface area contributed by atoms with Crippen molar-refractivity contribution in [3.63, 3.8) is 0 Å². The first-order chi connectivity index (χ1) is 56.6. The normalized spacial score (nSPS) is 13.4. The number of nitro groups is 2. The number of aromatic hydroxyl groups is 1. The van der Waals surface area contributed by atoms with Crippen molar-refractivity contribution in [2.45, 2.75) is 99.1 Å². The van der Waals surface area contributed by atoms with E-state index in [9.17, 15) is 62.9 Å². The molecule has 0 spiro atoms. The largest absolute Gasteiger partial charge is 1.00 e. The Bertz CT molecular complexity index is 4690. The van der Waals surface area contributed by atoms with Gasteiger partial charge in [-0.3, -0.25) is 63.7 Å². The van der Waals surface area contributed by atoms with Crippen molar-refractivity contribution >= 4 is 110 Å². The number of nitrogens with zero attached hydrogens (tertiary/aromatic N) is 10. The summed E-state index contributed by atoms with van der Waals surface area (Å²) in [5, 5.41) is 49.8. The smallest absolute Gasteiger partial charge is 1.00 e. The predicted octanol–water partition coefficient (Wildman–Crippen LogP) is 8.81. The van der Waals surface area contributed by atoms with E-state index in [-0.39, 0.29) is 114 Å². The van der Waals surface area contributed by atoms with E-state index in [1.807, 2.05) is 0 Å². The van der Waals surface area contributed by atoms with Crippen LogP contribution < -0.4 is 98.2 Å². The van der Waals surface area contributed by atoms with Crippen molar-refractivity contribution in [3.8, 4) is 23.0 Å². The van der Waals surface area contributed by atoms with Gasteiger partial charge >= 0.3 is 29.6 Å². The molecule has 4 aliphatic rings. The van der Waals surface area contributed by atoms with Gasteiger partial charge in [-0.2, -0.15) is 4.98 Å². The minimum atomic E-state index is -0.698. The van der Waals surface area contributed by atoms with Crippen LogP contribution in [0.15, 0.2) is 134 Å². The molecule has 8 aromatic rings. The van der Waals surface area contributed by atoms with E-state index in [2.05, 4.69) is 76.8 Å². The second kappa shape index (κ2) is 51.0. The van der Waals surface area contributed by atoms with Gasteiger partial charge in [0.15, 0.2) is 0 Å². The molecule has 4 saturated heterocycles. The molecule has 0 bridgehead atoms. The van der Waals surface area contributed by atoms with E-state index in [0.717, 1.165) is 95.1 Å². The Kier molecular flexibility index (Phi) is 41.3. The molecular weight excluding hydrogens is 1570 g/mol. The number of phenols is 1. The monoisotopic (exact) mass is 1680 g/mol. The Morgan fingerprint density at radius 2 is 0.899 bits per heavy atom. The number of nitro benzene ring substituents is 2. The fraction of sp³-hybridized carbons (Fsp3) is 0.383. The SMILES string of the molecule is CC(=O)Nc1cc(N)ccc1OCCN1CCCC1.CC(=O)Nc1cc(Nc2ncc(C(N)=O)c(NCc3cccc(F)c3)n2)ccc1OCCN1CCCC1.CC(=O)Nc1cc([N+](=O)[O-])ccc1O.CC(=O)Nc1cc([N+](=O)[O-])ccc1OCCN1CCCC1.Cc1ncc(C(N)=O)c(NCc2cccc(F)c2)n1.ClCCN1CCCC1.[H-].[HH].[Na+]. The zero-order valence-corrected chi connectivity index (χ0v) is 70.4. The Labute approximate surface area is 719 Å². The molecule has 0 unspecified atom stereocenters. The number of anilines is 9. The van der Waals surface area contributed by atoms with Crippen LogP contribution in [0.2, 0.25) is 0 Å². The fourth-order valence-corrected chi connectivity index (χ4v) is 12.5. The van der Waals surface area contributed by atoms with Crippen LogP contribution in [0.1, 0.15) is 120 Å². The molecule has 0 atom stereocenters. The second-order valence-electron chi connectivity index (χ2n) is 27.5. The average molecular weight is 1680 g/mol. The Morgan fingerprint density at radius 3 is 1.32 bits per heavy atom. The molecule has 0 radical (unpaired) electrons. The van der Waals surface area contributed by atoms with Gasteiger partial charge in [0.25, 0.3) is 23.2 Å². The number of alkyl halides is 1. The summed E-state index contributed by atoms with van der Waals surface area (Å²) in [4.78, 5) is 114.